The summed E-state index contributed by atoms with van der Waals surface area (Å²) in [7, 11) is 0. The van der Waals surface area contributed by atoms with E-state index < -0.39 is 12.0 Å². The Morgan fingerprint density at radius 1 is 1.23 bits per heavy atom. The number of esters is 1. The van der Waals surface area contributed by atoms with Crippen LogP contribution < -0.4 is 4.74 Å². The molecule has 3 aromatic rings. The van der Waals surface area contributed by atoms with E-state index in [0.29, 0.717) is 10.0 Å². The standard InChI is InChI=1S/C16H12Cl2N2O2/c1-10(20-9-19-13-4-2-3-5-14(13)20)16(21)22-15-8-11(17)6-7-12(15)18/h2-10H,1H3. The monoisotopic (exact) mass is 334 g/mol. The molecule has 3 rings (SSSR count). The van der Waals surface area contributed by atoms with Crippen molar-refractivity contribution < 1.29 is 9.53 Å². The van der Waals surface area contributed by atoms with E-state index in [1.807, 2.05) is 24.3 Å². The molecule has 0 saturated carbocycles. The van der Waals surface area contributed by atoms with Crippen LogP contribution in [-0.2, 0) is 4.79 Å². The zero-order valence-corrected chi connectivity index (χ0v) is 13.2. The summed E-state index contributed by atoms with van der Waals surface area (Å²) in [5.41, 5.74) is 1.69. The summed E-state index contributed by atoms with van der Waals surface area (Å²) < 4.78 is 7.12. The van der Waals surface area contributed by atoms with Crippen LogP contribution >= 0.6 is 23.2 Å². The second kappa shape index (κ2) is 5.99. The Hall–Kier alpha value is -2.04. The van der Waals surface area contributed by atoms with Crippen molar-refractivity contribution in [1.82, 2.24) is 9.55 Å². The third kappa shape index (κ3) is 2.80. The van der Waals surface area contributed by atoms with Gasteiger partial charge in [0, 0.05) is 11.1 Å². The average Bonchev–Trinajstić information content (AvgIpc) is 2.94. The predicted octanol–water partition coefficient (Wildman–Crippen LogP) is 4.51. The summed E-state index contributed by atoms with van der Waals surface area (Å²) in [6.45, 7) is 1.74. The number of rotatable bonds is 3. The Morgan fingerprint density at radius 2 is 2.00 bits per heavy atom. The molecule has 0 saturated heterocycles. The maximum Gasteiger partial charge on any atom is 0.334 e. The lowest BCUT2D eigenvalue weighted by Gasteiger charge is -2.14. The summed E-state index contributed by atoms with van der Waals surface area (Å²) in [5, 5.41) is 0.786. The molecular weight excluding hydrogens is 323 g/mol. The van der Waals surface area contributed by atoms with Gasteiger partial charge in [-0.3, -0.25) is 0 Å². The molecule has 22 heavy (non-hydrogen) atoms. The number of carbonyl (C=O) groups excluding carboxylic acids is 1. The first-order chi connectivity index (χ1) is 10.6. The first-order valence-corrected chi connectivity index (χ1v) is 7.40. The Balaban J connectivity index is 1.87. The van der Waals surface area contributed by atoms with E-state index in [-0.39, 0.29) is 5.75 Å². The number of imidazole rings is 1. The molecule has 6 heteroatoms. The number of aromatic nitrogens is 2. The number of para-hydroxylation sites is 2. The van der Waals surface area contributed by atoms with Crippen LogP contribution in [0.4, 0.5) is 0 Å². The summed E-state index contributed by atoms with van der Waals surface area (Å²) >= 11 is 11.9. The summed E-state index contributed by atoms with van der Waals surface area (Å²) in [4.78, 5) is 16.6. The van der Waals surface area contributed by atoms with Crippen LogP contribution in [0, 0.1) is 0 Å². The van der Waals surface area contributed by atoms with Crippen LogP contribution in [0.3, 0.4) is 0 Å². The van der Waals surface area contributed by atoms with Gasteiger partial charge < -0.3 is 9.30 Å². The highest BCUT2D eigenvalue weighted by atomic mass is 35.5. The highest BCUT2D eigenvalue weighted by molar-refractivity contribution is 6.34. The Bertz CT molecular complexity index is 845. The molecule has 0 N–H and O–H groups in total. The van der Waals surface area contributed by atoms with Crippen LogP contribution in [0.5, 0.6) is 5.75 Å². The number of halogens is 2. The smallest absolute Gasteiger partial charge is 0.334 e. The van der Waals surface area contributed by atoms with Crippen molar-refractivity contribution in [3.63, 3.8) is 0 Å². The van der Waals surface area contributed by atoms with Crippen molar-refractivity contribution in [3.05, 3.63) is 58.8 Å². The number of hydrogen-bond donors (Lipinski definition) is 0. The molecule has 1 unspecified atom stereocenters. The molecule has 4 nitrogen and oxygen atoms in total. The number of carbonyl (C=O) groups is 1. The highest BCUT2D eigenvalue weighted by Gasteiger charge is 2.20. The molecule has 1 heterocycles. The number of ether oxygens (including phenoxy) is 1. The number of benzene rings is 2. The number of hydrogen-bond acceptors (Lipinski definition) is 3. The lowest BCUT2D eigenvalue weighted by molar-refractivity contribution is -0.137. The van der Waals surface area contributed by atoms with Crippen molar-refractivity contribution in [3.8, 4) is 5.75 Å². The van der Waals surface area contributed by atoms with Crippen LogP contribution in [0.1, 0.15) is 13.0 Å². The van der Waals surface area contributed by atoms with Crippen molar-refractivity contribution in [2.45, 2.75) is 13.0 Å². The van der Waals surface area contributed by atoms with E-state index >= 15 is 0 Å². The molecule has 0 spiro atoms. The topological polar surface area (TPSA) is 44.1 Å². The molecule has 0 radical (unpaired) electrons. The molecule has 0 aliphatic heterocycles. The minimum Gasteiger partial charge on any atom is -0.423 e. The molecule has 0 fully saturated rings. The maximum atomic E-state index is 12.3. The lowest BCUT2D eigenvalue weighted by atomic mass is 10.2. The molecule has 0 amide bonds. The Morgan fingerprint density at radius 3 is 2.82 bits per heavy atom. The minimum absolute atomic E-state index is 0.246. The second-order valence-electron chi connectivity index (χ2n) is 4.81. The Labute approximate surface area is 137 Å². The molecule has 0 bridgehead atoms. The molecule has 1 atom stereocenters. The van der Waals surface area contributed by atoms with E-state index in [1.54, 1.807) is 30.0 Å². The van der Waals surface area contributed by atoms with Gasteiger partial charge in [0.1, 0.15) is 6.04 Å². The van der Waals surface area contributed by atoms with Crippen molar-refractivity contribution >= 4 is 40.2 Å². The zero-order valence-electron chi connectivity index (χ0n) is 11.7. The summed E-state index contributed by atoms with van der Waals surface area (Å²) in [5.74, 6) is -0.192. The van der Waals surface area contributed by atoms with Crippen molar-refractivity contribution in [2.24, 2.45) is 0 Å². The Kier molecular flexibility index (Phi) is 4.05. The molecule has 112 valence electrons. The zero-order chi connectivity index (χ0) is 15.7. The fraction of sp³-hybridized carbons (Fsp3) is 0.125. The normalized spacial score (nSPS) is 12.3. The summed E-state index contributed by atoms with van der Waals surface area (Å²) in [6, 6.07) is 11.8. The van der Waals surface area contributed by atoms with Gasteiger partial charge in [-0.1, -0.05) is 35.3 Å². The number of fused-ring (bicyclic) bond motifs is 1. The molecule has 2 aromatic carbocycles. The van der Waals surface area contributed by atoms with Gasteiger partial charge in [0.2, 0.25) is 0 Å². The van der Waals surface area contributed by atoms with Crippen LogP contribution in [0.2, 0.25) is 10.0 Å². The van der Waals surface area contributed by atoms with E-state index in [1.165, 1.54) is 6.07 Å². The quantitative estimate of drug-likeness (QED) is 0.522. The van der Waals surface area contributed by atoms with Crippen molar-refractivity contribution in [1.29, 1.82) is 0 Å². The SMILES string of the molecule is CC(C(=O)Oc1cc(Cl)ccc1Cl)n1cnc2ccccc21. The lowest BCUT2D eigenvalue weighted by Crippen LogP contribution is -2.21. The molecule has 1 aromatic heterocycles. The predicted molar refractivity (Wildman–Crippen MR) is 86.5 cm³/mol. The van der Waals surface area contributed by atoms with E-state index in [9.17, 15) is 4.79 Å². The average molecular weight is 335 g/mol. The van der Waals surface area contributed by atoms with Gasteiger partial charge in [-0.15, -0.1) is 0 Å². The highest BCUT2D eigenvalue weighted by Crippen LogP contribution is 2.29. The van der Waals surface area contributed by atoms with E-state index in [4.69, 9.17) is 27.9 Å². The minimum atomic E-state index is -0.539. The summed E-state index contributed by atoms with van der Waals surface area (Å²) in [6.07, 6.45) is 1.62. The molecular formula is C16H12Cl2N2O2. The number of nitrogens with zero attached hydrogens (tertiary/aromatic N) is 2. The van der Waals surface area contributed by atoms with Crippen molar-refractivity contribution in [2.75, 3.05) is 0 Å². The van der Waals surface area contributed by atoms with Crippen LogP contribution in [-0.4, -0.2) is 15.5 Å². The van der Waals surface area contributed by atoms with Gasteiger partial charge in [-0.25, -0.2) is 9.78 Å². The first kappa shape index (κ1) is 14.9. The molecule has 0 aliphatic carbocycles. The van der Waals surface area contributed by atoms with Gasteiger partial charge in [-0.2, -0.15) is 0 Å². The van der Waals surface area contributed by atoms with E-state index in [0.717, 1.165) is 11.0 Å². The fourth-order valence-electron chi connectivity index (χ4n) is 2.15. The molecule has 0 aliphatic rings. The van der Waals surface area contributed by atoms with Gasteiger partial charge in [0.25, 0.3) is 0 Å². The van der Waals surface area contributed by atoms with Gasteiger partial charge in [0.05, 0.1) is 22.4 Å². The van der Waals surface area contributed by atoms with Gasteiger partial charge >= 0.3 is 5.97 Å². The fourth-order valence-corrected chi connectivity index (χ4v) is 2.47. The van der Waals surface area contributed by atoms with Crippen LogP contribution in [0.15, 0.2) is 48.8 Å². The second-order valence-corrected chi connectivity index (χ2v) is 5.66. The van der Waals surface area contributed by atoms with Crippen LogP contribution in [0.25, 0.3) is 11.0 Å². The third-order valence-corrected chi connectivity index (χ3v) is 3.89. The van der Waals surface area contributed by atoms with E-state index in [2.05, 4.69) is 4.98 Å². The largest absolute Gasteiger partial charge is 0.423 e. The third-order valence-electron chi connectivity index (χ3n) is 3.34. The first-order valence-electron chi connectivity index (χ1n) is 6.64. The van der Waals surface area contributed by atoms with Gasteiger partial charge in [-0.05, 0) is 31.2 Å². The van der Waals surface area contributed by atoms with Gasteiger partial charge in [0.15, 0.2) is 5.75 Å². The maximum absolute atomic E-state index is 12.3.